The summed E-state index contributed by atoms with van der Waals surface area (Å²) in [7, 11) is 1.57. The number of carbonyl (C=O) groups is 2. The van der Waals surface area contributed by atoms with Gasteiger partial charge < -0.3 is 14.6 Å². The van der Waals surface area contributed by atoms with Gasteiger partial charge in [-0.1, -0.05) is 12.1 Å². The van der Waals surface area contributed by atoms with Crippen molar-refractivity contribution in [2.45, 2.75) is 19.4 Å². The molecule has 1 atom stereocenters. The maximum atomic E-state index is 11.7. The quantitative estimate of drug-likeness (QED) is 0.667. The van der Waals surface area contributed by atoms with Crippen molar-refractivity contribution in [2.24, 2.45) is 0 Å². The number of aliphatic carboxylic acids is 1. The number of hydrogen-bond donors (Lipinski definition) is 1. The van der Waals surface area contributed by atoms with Crippen molar-refractivity contribution in [1.29, 1.82) is 0 Å². The first kappa shape index (κ1) is 13.1. The highest BCUT2D eigenvalue weighted by molar-refractivity contribution is 6.14. The van der Waals surface area contributed by atoms with Crippen molar-refractivity contribution in [3.63, 3.8) is 0 Å². The van der Waals surface area contributed by atoms with E-state index in [4.69, 9.17) is 14.6 Å². The monoisotopic (exact) mass is 262 g/mol. The molecule has 0 aliphatic carbocycles. The van der Waals surface area contributed by atoms with E-state index in [0.717, 1.165) is 5.56 Å². The Balaban J connectivity index is 2.25. The molecular weight excluding hydrogens is 248 g/mol. The SMILES string of the molecule is COc1ccc(C2CC(C)=C(C(=O)O)C(=O)O2)cc1. The molecule has 0 radical (unpaired) electrons. The Hall–Kier alpha value is -2.30. The predicted octanol–water partition coefficient (Wildman–Crippen LogP) is 2.08. The molecule has 5 nitrogen and oxygen atoms in total. The van der Waals surface area contributed by atoms with Gasteiger partial charge in [-0.15, -0.1) is 0 Å². The van der Waals surface area contributed by atoms with Gasteiger partial charge in [0.2, 0.25) is 0 Å². The third kappa shape index (κ3) is 2.59. The Labute approximate surface area is 110 Å². The van der Waals surface area contributed by atoms with Gasteiger partial charge in [-0.25, -0.2) is 9.59 Å². The maximum Gasteiger partial charge on any atom is 0.346 e. The zero-order chi connectivity index (χ0) is 14.0. The van der Waals surface area contributed by atoms with E-state index in [-0.39, 0.29) is 5.57 Å². The largest absolute Gasteiger partial charge is 0.497 e. The van der Waals surface area contributed by atoms with E-state index < -0.39 is 18.0 Å². The lowest BCUT2D eigenvalue weighted by atomic mass is 9.96. The fourth-order valence-electron chi connectivity index (χ4n) is 2.06. The zero-order valence-electron chi connectivity index (χ0n) is 10.7. The van der Waals surface area contributed by atoms with Crippen LogP contribution < -0.4 is 4.74 Å². The molecule has 1 aromatic carbocycles. The fourth-order valence-corrected chi connectivity index (χ4v) is 2.06. The molecule has 0 saturated carbocycles. The van der Waals surface area contributed by atoms with Crippen molar-refractivity contribution in [1.82, 2.24) is 0 Å². The van der Waals surface area contributed by atoms with Crippen LogP contribution in [0.1, 0.15) is 25.0 Å². The van der Waals surface area contributed by atoms with E-state index in [2.05, 4.69) is 0 Å². The second-order valence-electron chi connectivity index (χ2n) is 4.33. The minimum atomic E-state index is -1.24. The molecule has 2 rings (SSSR count). The van der Waals surface area contributed by atoms with Crippen LogP contribution in [0, 0.1) is 0 Å². The molecule has 5 heteroatoms. The summed E-state index contributed by atoms with van der Waals surface area (Å²) in [5.41, 5.74) is 1.09. The van der Waals surface area contributed by atoms with Crippen molar-refractivity contribution < 1.29 is 24.2 Å². The third-order valence-corrected chi connectivity index (χ3v) is 3.07. The predicted molar refractivity (Wildman–Crippen MR) is 66.8 cm³/mol. The second kappa shape index (κ2) is 5.14. The van der Waals surface area contributed by atoms with Crippen LogP contribution in [0.2, 0.25) is 0 Å². The molecule has 1 unspecified atom stereocenters. The summed E-state index contributed by atoms with van der Waals surface area (Å²) in [5, 5.41) is 8.93. The number of esters is 1. The van der Waals surface area contributed by atoms with Crippen LogP contribution in [0.3, 0.4) is 0 Å². The minimum absolute atomic E-state index is 0.259. The van der Waals surface area contributed by atoms with Gasteiger partial charge in [-0.2, -0.15) is 0 Å². The van der Waals surface area contributed by atoms with Crippen LogP contribution in [0.15, 0.2) is 35.4 Å². The van der Waals surface area contributed by atoms with Crippen molar-refractivity contribution in [2.75, 3.05) is 7.11 Å². The van der Waals surface area contributed by atoms with Gasteiger partial charge >= 0.3 is 11.9 Å². The molecule has 0 aromatic heterocycles. The number of ether oxygens (including phenoxy) is 2. The van der Waals surface area contributed by atoms with Crippen molar-refractivity contribution in [3.8, 4) is 5.75 Å². The summed E-state index contributed by atoms with van der Waals surface area (Å²) in [4.78, 5) is 22.6. The molecule has 100 valence electrons. The highest BCUT2D eigenvalue weighted by Gasteiger charge is 2.31. The summed E-state index contributed by atoms with van der Waals surface area (Å²) in [6, 6.07) is 7.15. The number of cyclic esters (lactones) is 1. The Morgan fingerprint density at radius 3 is 2.47 bits per heavy atom. The Morgan fingerprint density at radius 1 is 1.37 bits per heavy atom. The summed E-state index contributed by atoms with van der Waals surface area (Å²) < 4.78 is 10.2. The average Bonchev–Trinajstić information content (AvgIpc) is 2.37. The highest BCUT2D eigenvalue weighted by atomic mass is 16.5. The van der Waals surface area contributed by atoms with E-state index in [1.807, 2.05) is 0 Å². The number of hydrogen-bond acceptors (Lipinski definition) is 4. The van der Waals surface area contributed by atoms with Crippen molar-refractivity contribution in [3.05, 3.63) is 41.0 Å². The lowest BCUT2D eigenvalue weighted by Gasteiger charge is -2.24. The topological polar surface area (TPSA) is 72.8 Å². The van der Waals surface area contributed by atoms with Crippen LogP contribution in [-0.4, -0.2) is 24.2 Å². The van der Waals surface area contributed by atoms with E-state index >= 15 is 0 Å². The number of carboxylic acid groups (broad SMARTS) is 1. The number of carboxylic acids is 1. The molecule has 0 fully saturated rings. The molecule has 1 aliphatic heterocycles. The minimum Gasteiger partial charge on any atom is -0.497 e. The normalized spacial score (nSPS) is 19.1. The highest BCUT2D eigenvalue weighted by Crippen LogP contribution is 2.32. The lowest BCUT2D eigenvalue weighted by molar-refractivity contribution is -0.150. The van der Waals surface area contributed by atoms with Gasteiger partial charge in [-0.3, -0.25) is 0 Å². The fraction of sp³-hybridized carbons (Fsp3) is 0.286. The van der Waals surface area contributed by atoms with Gasteiger partial charge in [0.05, 0.1) is 7.11 Å². The molecule has 1 N–H and O–H groups in total. The van der Waals surface area contributed by atoms with E-state index in [9.17, 15) is 9.59 Å². The number of carbonyl (C=O) groups excluding carboxylic acids is 1. The third-order valence-electron chi connectivity index (χ3n) is 3.07. The molecule has 19 heavy (non-hydrogen) atoms. The average molecular weight is 262 g/mol. The first-order valence-electron chi connectivity index (χ1n) is 5.81. The molecular formula is C14H14O5. The van der Waals surface area contributed by atoms with Gasteiger partial charge in [0, 0.05) is 6.42 Å². The molecule has 1 heterocycles. The van der Waals surface area contributed by atoms with Crippen LogP contribution in [0.4, 0.5) is 0 Å². The maximum absolute atomic E-state index is 11.7. The second-order valence-corrected chi connectivity index (χ2v) is 4.33. The van der Waals surface area contributed by atoms with E-state index in [1.165, 1.54) is 0 Å². The van der Waals surface area contributed by atoms with E-state index in [1.54, 1.807) is 38.3 Å². The number of rotatable bonds is 3. The first-order valence-corrected chi connectivity index (χ1v) is 5.81. The molecule has 0 saturated heterocycles. The van der Waals surface area contributed by atoms with Crippen LogP contribution in [-0.2, 0) is 14.3 Å². The van der Waals surface area contributed by atoms with Gasteiger partial charge in [-0.05, 0) is 30.2 Å². The summed E-state index contributed by atoms with van der Waals surface area (Å²) in [6.45, 7) is 1.64. The van der Waals surface area contributed by atoms with Crippen molar-refractivity contribution >= 4 is 11.9 Å². The Morgan fingerprint density at radius 2 is 2.00 bits per heavy atom. The smallest absolute Gasteiger partial charge is 0.346 e. The summed E-state index contributed by atoms with van der Waals surface area (Å²) in [6.07, 6.45) is -0.0545. The standard InChI is InChI=1S/C14H14O5/c1-8-7-11(19-14(17)12(8)13(15)16)9-3-5-10(18-2)6-4-9/h3-6,11H,7H2,1-2H3,(H,15,16). The Bertz CT molecular complexity index is 541. The Kier molecular flexibility index (Phi) is 3.55. The zero-order valence-corrected chi connectivity index (χ0v) is 10.7. The van der Waals surface area contributed by atoms with Crippen LogP contribution in [0.5, 0.6) is 5.75 Å². The van der Waals surface area contributed by atoms with Crippen LogP contribution >= 0.6 is 0 Å². The number of benzene rings is 1. The molecule has 1 aliphatic rings. The molecule has 0 amide bonds. The first-order chi connectivity index (χ1) is 9.02. The molecule has 1 aromatic rings. The summed E-state index contributed by atoms with van der Waals surface area (Å²) >= 11 is 0. The van der Waals surface area contributed by atoms with Gasteiger partial charge in [0.15, 0.2) is 0 Å². The van der Waals surface area contributed by atoms with Crippen LogP contribution in [0.25, 0.3) is 0 Å². The van der Waals surface area contributed by atoms with Gasteiger partial charge in [0.25, 0.3) is 0 Å². The molecule has 0 bridgehead atoms. The molecule has 0 spiro atoms. The number of methoxy groups -OCH3 is 1. The van der Waals surface area contributed by atoms with E-state index in [0.29, 0.717) is 17.7 Å². The van der Waals surface area contributed by atoms with Gasteiger partial charge in [0.1, 0.15) is 17.4 Å². The lowest BCUT2D eigenvalue weighted by Crippen LogP contribution is -2.25. The summed E-state index contributed by atoms with van der Waals surface area (Å²) in [5.74, 6) is -1.31.